The minimum Gasteiger partial charge on any atom is -0.378 e. The van der Waals surface area contributed by atoms with Crippen LogP contribution in [0, 0.1) is 5.92 Å². The maximum absolute atomic E-state index is 13.3. The maximum Gasteiger partial charge on any atom is 0.417 e. The summed E-state index contributed by atoms with van der Waals surface area (Å²) in [6, 6.07) is 5.18. The normalized spacial score (nSPS) is 24.9. The molecule has 186 valence electrons. The number of nitrogens with one attached hydrogen (secondary N) is 2. The van der Waals surface area contributed by atoms with E-state index in [9.17, 15) is 13.2 Å². The van der Waals surface area contributed by atoms with Gasteiger partial charge in [0.25, 0.3) is 0 Å². The van der Waals surface area contributed by atoms with E-state index in [1.165, 1.54) is 16.7 Å². The van der Waals surface area contributed by atoms with Crippen molar-refractivity contribution >= 4 is 11.5 Å². The van der Waals surface area contributed by atoms with Crippen LogP contribution in [0.25, 0.3) is 17.2 Å². The van der Waals surface area contributed by atoms with Gasteiger partial charge in [0.15, 0.2) is 5.82 Å². The summed E-state index contributed by atoms with van der Waals surface area (Å²) >= 11 is 0. The highest BCUT2D eigenvalue weighted by Crippen LogP contribution is 2.33. The molecule has 12 heteroatoms. The van der Waals surface area contributed by atoms with Crippen molar-refractivity contribution < 1.29 is 17.9 Å². The van der Waals surface area contributed by atoms with Crippen molar-refractivity contribution in [2.45, 2.75) is 31.2 Å². The number of nitrogens with zero attached hydrogens (tertiary/aromatic N) is 6. The molecular formula is C23H27F3N8O. The van der Waals surface area contributed by atoms with Gasteiger partial charge in [-0.3, -0.25) is 20.2 Å². The number of hydrogen-bond acceptors (Lipinski definition) is 8. The van der Waals surface area contributed by atoms with Gasteiger partial charge in [-0.15, -0.1) is 0 Å². The maximum atomic E-state index is 13.3. The molecule has 35 heavy (non-hydrogen) atoms. The Hall–Kier alpha value is -2.80. The van der Waals surface area contributed by atoms with E-state index in [4.69, 9.17) is 9.72 Å². The summed E-state index contributed by atoms with van der Waals surface area (Å²) in [5, 5.41) is 0. The van der Waals surface area contributed by atoms with E-state index >= 15 is 0 Å². The summed E-state index contributed by atoms with van der Waals surface area (Å²) < 4.78 is 46.8. The third kappa shape index (κ3) is 4.03. The van der Waals surface area contributed by atoms with Crippen LogP contribution in [0.2, 0.25) is 0 Å². The quantitative estimate of drug-likeness (QED) is 0.576. The number of hydrogen-bond donors (Lipinski definition) is 2. The molecule has 6 rings (SSSR count). The Morgan fingerprint density at radius 2 is 1.86 bits per heavy atom. The lowest BCUT2D eigenvalue weighted by atomic mass is 9.88. The zero-order chi connectivity index (χ0) is 24.2. The second kappa shape index (κ2) is 8.70. The lowest BCUT2D eigenvalue weighted by molar-refractivity contribution is -0.137. The number of piperazine rings is 1. The highest BCUT2D eigenvalue weighted by molar-refractivity contribution is 5.59. The standard InChI is InChI=1S/C23H27F3N8O/c1-14-21(15-8-29-30-9-15)33(17-12-35-13-17)7-6-32(14)20-4-5-27-22(31-20)18-10-28-19-3-2-16(11-34(18)19)23(24,25)26/h2-5,10-11,14-15,17,21,29-30H,6-9,12-13H2,1H3/t14-,21-/m0/s1. The predicted octanol–water partition coefficient (Wildman–Crippen LogP) is 1.81. The van der Waals surface area contributed by atoms with Gasteiger partial charge in [-0.05, 0) is 25.1 Å². The monoisotopic (exact) mass is 488 g/mol. The van der Waals surface area contributed by atoms with Gasteiger partial charge in [0.2, 0.25) is 0 Å². The molecule has 3 aromatic heterocycles. The molecule has 2 N–H and O–H groups in total. The predicted molar refractivity (Wildman–Crippen MR) is 123 cm³/mol. The number of hydrazine groups is 1. The van der Waals surface area contributed by atoms with Crippen molar-refractivity contribution in [3.8, 4) is 11.5 Å². The minimum atomic E-state index is -4.45. The van der Waals surface area contributed by atoms with Crippen molar-refractivity contribution in [1.82, 2.24) is 35.1 Å². The average molecular weight is 489 g/mol. The Morgan fingerprint density at radius 3 is 2.57 bits per heavy atom. The largest absolute Gasteiger partial charge is 0.417 e. The zero-order valence-electron chi connectivity index (χ0n) is 19.2. The third-order valence-corrected chi connectivity index (χ3v) is 7.39. The highest BCUT2D eigenvalue weighted by atomic mass is 19.4. The third-order valence-electron chi connectivity index (χ3n) is 7.39. The number of pyridine rings is 1. The van der Waals surface area contributed by atoms with Crippen molar-refractivity contribution in [3.63, 3.8) is 0 Å². The van der Waals surface area contributed by atoms with Gasteiger partial charge in [0, 0.05) is 56.6 Å². The number of imidazole rings is 1. The van der Waals surface area contributed by atoms with Gasteiger partial charge in [0.1, 0.15) is 17.2 Å². The molecule has 0 radical (unpaired) electrons. The molecule has 0 aliphatic carbocycles. The number of ether oxygens (including phenoxy) is 1. The zero-order valence-corrected chi connectivity index (χ0v) is 19.2. The summed E-state index contributed by atoms with van der Waals surface area (Å²) in [6.07, 6.45) is -0.216. The molecule has 0 amide bonds. The molecular weight excluding hydrogens is 461 g/mol. The molecule has 3 aliphatic heterocycles. The van der Waals surface area contributed by atoms with E-state index in [-0.39, 0.29) is 6.04 Å². The fraction of sp³-hybridized carbons (Fsp3) is 0.522. The number of halogens is 3. The number of anilines is 1. The van der Waals surface area contributed by atoms with E-state index in [1.807, 2.05) is 6.07 Å². The van der Waals surface area contributed by atoms with E-state index < -0.39 is 11.7 Å². The molecule has 0 aromatic carbocycles. The fourth-order valence-electron chi connectivity index (χ4n) is 5.53. The van der Waals surface area contributed by atoms with Gasteiger partial charge >= 0.3 is 6.18 Å². The van der Waals surface area contributed by atoms with E-state index in [0.717, 1.165) is 57.5 Å². The first-order chi connectivity index (χ1) is 16.9. The summed E-state index contributed by atoms with van der Waals surface area (Å²) in [7, 11) is 0. The van der Waals surface area contributed by atoms with Crippen LogP contribution in [0.15, 0.2) is 36.8 Å². The Bertz CT molecular complexity index is 1210. The van der Waals surface area contributed by atoms with E-state index in [1.54, 1.807) is 6.20 Å². The first-order valence-corrected chi connectivity index (χ1v) is 11.8. The average Bonchev–Trinajstić information content (AvgIpc) is 3.47. The summed E-state index contributed by atoms with van der Waals surface area (Å²) in [5.74, 6) is 1.55. The van der Waals surface area contributed by atoms with Gasteiger partial charge in [-0.1, -0.05) is 0 Å². The molecule has 0 unspecified atom stereocenters. The number of rotatable bonds is 4. The smallest absolute Gasteiger partial charge is 0.378 e. The van der Waals surface area contributed by atoms with E-state index in [2.05, 4.69) is 37.5 Å². The minimum absolute atomic E-state index is 0.179. The molecule has 2 atom stereocenters. The van der Waals surface area contributed by atoms with Crippen LogP contribution in [0.3, 0.4) is 0 Å². The Labute approximate surface area is 200 Å². The van der Waals surface area contributed by atoms with Crippen LogP contribution in [-0.2, 0) is 10.9 Å². The van der Waals surface area contributed by atoms with E-state index in [0.29, 0.717) is 35.2 Å². The molecule has 3 aromatic rings. The van der Waals surface area contributed by atoms with Crippen LogP contribution < -0.4 is 15.8 Å². The summed E-state index contributed by atoms with van der Waals surface area (Å²) in [5.41, 5.74) is 6.61. The Morgan fingerprint density at radius 1 is 1.06 bits per heavy atom. The molecule has 0 spiro atoms. The first kappa shape index (κ1) is 22.7. The van der Waals surface area contributed by atoms with Crippen molar-refractivity contribution in [2.75, 3.05) is 44.3 Å². The second-order valence-corrected chi connectivity index (χ2v) is 9.40. The van der Waals surface area contributed by atoms with Gasteiger partial charge < -0.3 is 9.64 Å². The van der Waals surface area contributed by atoms with Crippen LogP contribution in [-0.4, -0.2) is 81.8 Å². The van der Waals surface area contributed by atoms with Crippen LogP contribution in [0.5, 0.6) is 0 Å². The van der Waals surface area contributed by atoms with Crippen molar-refractivity contribution in [1.29, 1.82) is 0 Å². The molecule has 3 aliphatic rings. The van der Waals surface area contributed by atoms with Crippen LogP contribution in [0.1, 0.15) is 12.5 Å². The topological polar surface area (TPSA) is 82.9 Å². The Kier molecular flexibility index (Phi) is 5.63. The van der Waals surface area contributed by atoms with Crippen LogP contribution >= 0.6 is 0 Å². The molecule has 6 heterocycles. The second-order valence-electron chi connectivity index (χ2n) is 9.40. The summed E-state index contributed by atoms with van der Waals surface area (Å²) in [4.78, 5) is 18.3. The number of fused-ring (bicyclic) bond motifs is 1. The molecule has 3 saturated heterocycles. The number of alkyl halides is 3. The van der Waals surface area contributed by atoms with Gasteiger partial charge in [-0.2, -0.15) is 13.2 Å². The fourth-order valence-corrected chi connectivity index (χ4v) is 5.53. The van der Waals surface area contributed by atoms with Crippen LogP contribution in [0.4, 0.5) is 19.0 Å². The molecule has 0 bridgehead atoms. The molecule has 0 saturated carbocycles. The van der Waals surface area contributed by atoms with Gasteiger partial charge in [-0.25, -0.2) is 15.0 Å². The first-order valence-electron chi connectivity index (χ1n) is 11.8. The van der Waals surface area contributed by atoms with Crippen molar-refractivity contribution in [2.24, 2.45) is 5.92 Å². The van der Waals surface area contributed by atoms with Gasteiger partial charge in [0.05, 0.1) is 31.0 Å². The van der Waals surface area contributed by atoms with Crippen molar-refractivity contribution in [3.05, 3.63) is 42.4 Å². The lowest BCUT2D eigenvalue weighted by Gasteiger charge is -2.53. The number of aromatic nitrogens is 4. The molecule has 3 fully saturated rings. The highest BCUT2D eigenvalue weighted by Gasteiger charge is 2.44. The molecule has 9 nitrogen and oxygen atoms in total. The Balaban J connectivity index is 1.32. The summed E-state index contributed by atoms with van der Waals surface area (Å²) in [6.45, 7) is 7.23. The lowest BCUT2D eigenvalue weighted by Crippen LogP contribution is -2.67. The SMILES string of the molecule is C[C@H]1[C@@H](C2CNNC2)N(C2COC2)CCN1c1ccnc(-c2cnc3ccc(C(F)(F)F)cn23)n1.